The Balaban J connectivity index is 1.55. The van der Waals surface area contributed by atoms with E-state index in [0.717, 1.165) is 42.9 Å². The van der Waals surface area contributed by atoms with Crippen LogP contribution in [0.2, 0.25) is 0 Å². The highest BCUT2D eigenvalue weighted by atomic mass is 16.3. The van der Waals surface area contributed by atoms with Crippen LogP contribution in [0, 0.1) is 52.3 Å². The first kappa shape index (κ1) is 21.2. The van der Waals surface area contributed by atoms with E-state index in [1.165, 1.54) is 44.9 Å². The molecule has 4 aliphatic carbocycles. The SMILES string of the molecule is CC(C)CCC(C)C1CC[C@H]2C3CCC4C[C@H](O)CCC4(C)[C@H]3CC(O)C12C. The fourth-order valence-corrected chi connectivity index (χ4v) is 8.96. The van der Waals surface area contributed by atoms with Crippen molar-refractivity contribution in [3.05, 3.63) is 0 Å². The molecule has 0 aromatic carbocycles. The Bertz CT molecular complexity index is 559. The molecular formula is C26H46O2. The van der Waals surface area contributed by atoms with Gasteiger partial charge in [0.05, 0.1) is 12.2 Å². The summed E-state index contributed by atoms with van der Waals surface area (Å²) in [5.41, 5.74) is 0.487. The Hall–Kier alpha value is -0.0800. The molecule has 0 amide bonds. The summed E-state index contributed by atoms with van der Waals surface area (Å²) in [5.74, 6) is 5.11. The van der Waals surface area contributed by atoms with Crippen LogP contribution >= 0.6 is 0 Å². The predicted octanol–water partition coefficient (Wildman–Crippen LogP) is 6.05. The van der Waals surface area contributed by atoms with Crippen LogP contribution in [-0.4, -0.2) is 22.4 Å². The third kappa shape index (κ3) is 3.20. The lowest BCUT2D eigenvalue weighted by Crippen LogP contribution is -2.58. The molecule has 2 nitrogen and oxygen atoms in total. The Kier molecular flexibility index (Phi) is 5.71. The number of aliphatic hydroxyl groups excluding tert-OH is 2. The van der Waals surface area contributed by atoms with E-state index >= 15 is 0 Å². The van der Waals surface area contributed by atoms with Gasteiger partial charge in [-0.2, -0.15) is 0 Å². The average Bonchev–Trinajstić information content (AvgIpc) is 3.00. The molecule has 28 heavy (non-hydrogen) atoms. The maximum absolute atomic E-state index is 11.6. The summed E-state index contributed by atoms with van der Waals surface area (Å²) in [6, 6.07) is 0. The molecule has 2 N–H and O–H groups in total. The molecule has 7 unspecified atom stereocenters. The maximum atomic E-state index is 11.6. The molecule has 0 saturated heterocycles. The normalized spacial score (nSPS) is 52.1. The van der Waals surface area contributed by atoms with E-state index in [9.17, 15) is 10.2 Å². The van der Waals surface area contributed by atoms with Crippen molar-refractivity contribution in [1.29, 1.82) is 0 Å². The number of hydrogen-bond acceptors (Lipinski definition) is 2. The fourth-order valence-electron chi connectivity index (χ4n) is 8.96. The second kappa shape index (κ2) is 7.56. The van der Waals surface area contributed by atoms with E-state index in [1.807, 2.05) is 0 Å². The van der Waals surface area contributed by atoms with Crippen molar-refractivity contribution in [2.45, 2.75) is 111 Å². The average molecular weight is 391 g/mol. The van der Waals surface area contributed by atoms with Crippen molar-refractivity contribution in [2.24, 2.45) is 52.3 Å². The van der Waals surface area contributed by atoms with Crippen molar-refractivity contribution in [2.75, 3.05) is 0 Å². The topological polar surface area (TPSA) is 40.5 Å². The van der Waals surface area contributed by atoms with E-state index in [0.29, 0.717) is 23.2 Å². The molecule has 0 bridgehead atoms. The molecule has 0 aromatic rings. The standard InChI is InChI=1S/C26H46O2/c1-16(2)6-7-17(3)21-10-11-22-20-9-8-18-14-19(27)12-13-25(18,4)23(20)15-24(28)26(21,22)5/h16-24,27-28H,6-15H2,1-5H3/t17?,18?,19-,20?,21?,22+,23+,24?,25?,26?/m1/s1. The molecule has 10 atom stereocenters. The lowest BCUT2D eigenvalue weighted by Gasteiger charge is -2.62. The smallest absolute Gasteiger partial charge is 0.0602 e. The Morgan fingerprint density at radius 1 is 0.857 bits per heavy atom. The summed E-state index contributed by atoms with van der Waals surface area (Å²) in [6.07, 6.45) is 11.9. The molecule has 4 fully saturated rings. The minimum absolute atomic E-state index is 0.0777. The molecule has 0 heterocycles. The molecule has 0 radical (unpaired) electrons. The van der Waals surface area contributed by atoms with Gasteiger partial charge in [-0.15, -0.1) is 0 Å². The lowest BCUT2D eigenvalue weighted by atomic mass is 9.43. The van der Waals surface area contributed by atoms with E-state index in [4.69, 9.17) is 0 Å². The first-order valence-corrected chi connectivity index (χ1v) is 12.5. The van der Waals surface area contributed by atoms with Crippen molar-refractivity contribution in [3.63, 3.8) is 0 Å². The van der Waals surface area contributed by atoms with Crippen molar-refractivity contribution in [1.82, 2.24) is 0 Å². The number of fused-ring (bicyclic) bond motifs is 5. The van der Waals surface area contributed by atoms with Crippen LogP contribution in [0.3, 0.4) is 0 Å². The molecule has 0 spiro atoms. The lowest BCUT2D eigenvalue weighted by molar-refractivity contribution is -0.175. The van der Waals surface area contributed by atoms with Gasteiger partial charge in [-0.1, -0.05) is 47.5 Å². The second-order valence-corrected chi connectivity index (χ2v) is 12.3. The van der Waals surface area contributed by atoms with Gasteiger partial charge in [0.15, 0.2) is 0 Å². The third-order valence-electron chi connectivity index (χ3n) is 10.7. The van der Waals surface area contributed by atoms with Crippen LogP contribution in [0.1, 0.15) is 98.8 Å². The summed E-state index contributed by atoms with van der Waals surface area (Å²) in [7, 11) is 0. The largest absolute Gasteiger partial charge is 0.393 e. The summed E-state index contributed by atoms with van der Waals surface area (Å²) >= 11 is 0. The Morgan fingerprint density at radius 3 is 2.32 bits per heavy atom. The Morgan fingerprint density at radius 2 is 1.61 bits per heavy atom. The first-order valence-electron chi connectivity index (χ1n) is 12.5. The molecule has 0 aromatic heterocycles. The maximum Gasteiger partial charge on any atom is 0.0602 e. The number of aliphatic hydroxyl groups is 2. The zero-order chi connectivity index (χ0) is 20.3. The predicted molar refractivity (Wildman–Crippen MR) is 116 cm³/mol. The third-order valence-corrected chi connectivity index (χ3v) is 10.7. The van der Waals surface area contributed by atoms with Gasteiger partial charge in [0.1, 0.15) is 0 Å². The van der Waals surface area contributed by atoms with E-state index in [1.54, 1.807) is 0 Å². The van der Waals surface area contributed by atoms with Crippen LogP contribution < -0.4 is 0 Å². The van der Waals surface area contributed by atoms with Crippen molar-refractivity contribution < 1.29 is 10.2 Å². The monoisotopic (exact) mass is 390 g/mol. The van der Waals surface area contributed by atoms with Crippen LogP contribution in [0.15, 0.2) is 0 Å². The molecule has 4 saturated carbocycles. The van der Waals surface area contributed by atoms with E-state index in [-0.39, 0.29) is 17.6 Å². The molecule has 2 heteroatoms. The first-order chi connectivity index (χ1) is 13.2. The van der Waals surface area contributed by atoms with Crippen molar-refractivity contribution in [3.8, 4) is 0 Å². The van der Waals surface area contributed by atoms with Gasteiger partial charge in [0.25, 0.3) is 0 Å². The van der Waals surface area contributed by atoms with Gasteiger partial charge in [0, 0.05) is 0 Å². The van der Waals surface area contributed by atoms with Gasteiger partial charge >= 0.3 is 0 Å². The van der Waals surface area contributed by atoms with Gasteiger partial charge in [-0.3, -0.25) is 0 Å². The van der Waals surface area contributed by atoms with E-state index in [2.05, 4.69) is 34.6 Å². The second-order valence-electron chi connectivity index (χ2n) is 12.3. The summed E-state index contributed by atoms with van der Waals surface area (Å²) in [5, 5.41) is 21.8. The highest BCUT2D eigenvalue weighted by Crippen LogP contribution is 2.68. The number of rotatable bonds is 4. The number of hydrogen-bond donors (Lipinski definition) is 2. The quantitative estimate of drug-likeness (QED) is 0.613. The summed E-state index contributed by atoms with van der Waals surface area (Å²) < 4.78 is 0. The zero-order valence-corrected chi connectivity index (χ0v) is 19.2. The van der Waals surface area contributed by atoms with Crippen LogP contribution in [-0.2, 0) is 0 Å². The van der Waals surface area contributed by atoms with Gasteiger partial charge in [-0.05, 0) is 104 Å². The minimum Gasteiger partial charge on any atom is -0.393 e. The molecule has 4 aliphatic rings. The van der Waals surface area contributed by atoms with E-state index < -0.39 is 0 Å². The van der Waals surface area contributed by atoms with Gasteiger partial charge in [0.2, 0.25) is 0 Å². The van der Waals surface area contributed by atoms with Gasteiger partial charge < -0.3 is 10.2 Å². The molecule has 162 valence electrons. The fraction of sp³-hybridized carbons (Fsp3) is 1.00. The summed E-state index contributed by atoms with van der Waals surface area (Å²) in [4.78, 5) is 0. The zero-order valence-electron chi connectivity index (χ0n) is 19.2. The van der Waals surface area contributed by atoms with Crippen LogP contribution in [0.5, 0.6) is 0 Å². The van der Waals surface area contributed by atoms with Crippen LogP contribution in [0.4, 0.5) is 0 Å². The van der Waals surface area contributed by atoms with Gasteiger partial charge in [-0.25, -0.2) is 0 Å². The van der Waals surface area contributed by atoms with Crippen LogP contribution in [0.25, 0.3) is 0 Å². The molecule has 0 aliphatic heterocycles. The highest BCUT2D eigenvalue weighted by Gasteiger charge is 2.63. The molecular weight excluding hydrogens is 344 g/mol. The molecule has 4 rings (SSSR count). The summed E-state index contributed by atoms with van der Waals surface area (Å²) in [6.45, 7) is 12.1. The van der Waals surface area contributed by atoms with Crippen molar-refractivity contribution >= 4 is 0 Å². The Labute approximate surface area is 173 Å². The highest BCUT2D eigenvalue weighted by molar-refractivity contribution is 5.12. The minimum atomic E-state index is -0.129.